The Balaban J connectivity index is 4.13. The second-order valence-electron chi connectivity index (χ2n) is 7.46. The maximum atomic E-state index is 2.47. The van der Waals surface area contributed by atoms with Crippen molar-refractivity contribution in [1.82, 2.24) is 0 Å². The van der Waals surface area contributed by atoms with Crippen LogP contribution in [0.1, 0.15) is 106 Å². The third-order valence-electron chi connectivity index (χ3n) is 3.97. The van der Waals surface area contributed by atoms with E-state index in [0.29, 0.717) is 4.75 Å². The first-order chi connectivity index (χ1) is 9.90. The molecule has 0 nitrogen and oxygen atoms in total. The molecule has 2 heteroatoms. The molecule has 0 aliphatic heterocycles. The van der Waals surface area contributed by atoms with Gasteiger partial charge in [-0.05, 0) is 18.8 Å². The molecule has 0 radical (unpaired) electrons. The van der Waals surface area contributed by atoms with E-state index < -0.39 is 0 Å². The lowest BCUT2D eigenvalue weighted by Gasteiger charge is -2.26. The Hall–Kier alpha value is 0.700. The molecule has 0 aliphatic carbocycles. The Bertz CT molecular complexity index is 208. The van der Waals surface area contributed by atoms with Crippen molar-refractivity contribution in [2.45, 2.75) is 116 Å². The number of rotatable bonds is 13. The average Bonchev–Trinajstić information content (AvgIpc) is 2.42. The summed E-state index contributed by atoms with van der Waals surface area (Å²) in [5.74, 6) is 0.929. The summed E-state index contributed by atoms with van der Waals surface area (Å²) < 4.78 is 0.383. The largest absolute Gasteiger partial charge is 0.0902 e. The highest BCUT2D eigenvalue weighted by Crippen LogP contribution is 2.42. The predicted molar refractivity (Wildman–Crippen MR) is 105 cm³/mol. The minimum absolute atomic E-state index is 0.383. The van der Waals surface area contributed by atoms with E-state index in [4.69, 9.17) is 0 Å². The van der Waals surface area contributed by atoms with Gasteiger partial charge in [-0.25, -0.2) is 0 Å². The van der Waals surface area contributed by atoms with Crippen molar-refractivity contribution < 1.29 is 0 Å². The molecule has 0 aromatic rings. The van der Waals surface area contributed by atoms with Crippen LogP contribution in [0.4, 0.5) is 0 Å². The zero-order valence-corrected chi connectivity index (χ0v) is 17.2. The molecule has 1 unspecified atom stereocenters. The third-order valence-corrected chi connectivity index (χ3v) is 7.95. The van der Waals surface area contributed by atoms with Crippen LogP contribution >= 0.6 is 21.6 Å². The minimum atomic E-state index is 0.383. The van der Waals surface area contributed by atoms with Crippen molar-refractivity contribution in [3.63, 3.8) is 0 Å². The van der Waals surface area contributed by atoms with Gasteiger partial charge in [0.1, 0.15) is 0 Å². The first-order valence-corrected chi connectivity index (χ1v) is 11.5. The fourth-order valence-corrected chi connectivity index (χ4v) is 5.24. The highest BCUT2D eigenvalue weighted by Gasteiger charge is 2.20. The highest BCUT2D eigenvalue weighted by atomic mass is 33.1. The zero-order chi connectivity index (χ0) is 16.1. The van der Waals surface area contributed by atoms with Crippen LogP contribution in [0.5, 0.6) is 0 Å². The second kappa shape index (κ2) is 13.2. The summed E-state index contributed by atoms with van der Waals surface area (Å²) in [6.45, 7) is 14.1. The molecule has 0 aromatic carbocycles. The SMILES string of the molecule is CCCCCCC(CCCCCC)C(C)SSC(C)(C)C. The molecule has 0 rings (SSSR count). The third kappa shape index (κ3) is 14.0. The molecular weight excluding hydrogens is 292 g/mol. The van der Waals surface area contributed by atoms with Crippen molar-refractivity contribution in [3.05, 3.63) is 0 Å². The van der Waals surface area contributed by atoms with Crippen LogP contribution in [-0.4, -0.2) is 10.00 Å². The molecular formula is C19H40S2. The molecule has 0 saturated heterocycles. The molecule has 21 heavy (non-hydrogen) atoms. The zero-order valence-electron chi connectivity index (χ0n) is 15.5. The standard InChI is InChI=1S/C19H40S2/c1-7-9-11-13-15-18(16-14-12-10-8-2)17(3)20-21-19(4,5)6/h17-18H,7-16H2,1-6H3. The van der Waals surface area contributed by atoms with Gasteiger partial charge in [-0.15, -0.1) is 0 Å². The molecule has 0 bridgehead atoms. The molecule has 0 aromatic heterocycles. The van der Waals surface area contributed by atoms with E-state index in [1.165, 1.54) is 64.2 Å². The summed E-state index contributed by atoms with van der Waals surface area (Å²) in [6, 6.07) is 0. The molecule has 0 saturated carbocycles. The molecule has 128 valence electrons. The summed E-state index contributed by atoms with van der Waals surface area (Å²) in [6.07, 6.45) is 14.2. The smallest absolute Gasteiger partial charge is 0.0179 e. The predicted octanol–water partition coefficient (Wildman–Crippen LogP) is 8.11. The van der Waals surface area contributed by atoms with Crippen LogP contribution in [-0.2, 0) is 0 Å². The lowest BCUT2D eigenvalue weighted by molar-refractivity contribution is 0.404. The van der Waals surface area contributed by atoms with E-state index in [-0.39, 0.29) is 0 Å². The maximum Gasteiger partial charge on any atom is 0.0179 e. The second-order valence-corrected chi connectivity index (χ2v) is 10.9. The number of unbranched alkanes of at least 4 members (excludes halogenated alkanes) is 6. The first-order valence-electron chi connectivity index (χ1n) is 9.25. The average molecular weight is 333 g/mol. The van der Waals surface area contributed by atoms with Gasteiger partial charge in [0.25, 0.3) is 0 Å². The van der Waals surface area contributed by atoms with Crippen LogP contribution in [0.2, 0.25) is 0 Å². The van der Waals surface area contributed by atoms with Gasteiger partial charge in [-0.1, -0.05) is 114 Å². The Morgan fingerprint density at radius 1 is 0.762 bits per heavy atom. The van der Waals surface area contributed by atoms with Gasteiger partial charge in [0.05, 0.1) is 0 Å². The molecule has 0 aliphatic rings. The van der Waals surface area contributed by atoms with Gasteiger partial charge in [0, 0.05) is 10.00 Å². The fraction of sp³-hybridized carbons (Fsp3) is 1.00. The van der Waals surface area contributed by atoms with Crippen molar-refractivity contribution >= 4 is 21.6 Å². The topological polar surface area (TPSA) is 0 Å². The number of hydrogen-bond acceptors (Lipinski definition) is 2. The fourth-order valence-electron chi connectivity index (χ4n) is 2.58. The molecule has 0 amide bonds. The van der Waals surface area contributed by atoms with Gasteiger partial charge >= 0.3 is 0 Å². The Morgan fingerprint density at radius 3 is 1.62 bits per heavy atom. The van der Waals surface area contributed by atoms with Crippen LogP contribution in [0.25, 0.3) is 0 Å². The molecule has 0 N–H and O–H groups in total. The van der Waals surface area contributed by atoms with Crippen LogP contribution in [0.3, 0.4) is 0 Å². The monoisotopic (exact) mass is 332 g/mol. The molecule has 1 atom stereocenters. The first kappa shape index (κ1) is 21.7. The van der Waals surface area contributed by atoms with Gasteiger partial charge < -0.3 is 0 Å². The summed E-state index contributed by atoms with van der Waals surface area (Å²) >= 11 is 0. The lowest BCUT2D eigenvalue weighted by Crippen LogP contribution is -2.15. The molecule has 0 fully saturated rings. The van der Waals surface area contributed by atoms with E-state index in [9.17, 15) is 0 Å². The van der Waals surface area contributed by atoms with E-state index >= 15 is 0 Å². The van der Waals surface area contributed by atoms with Crippen LogP contribution in [0, 0.1) is 5.92 Å². The number of hydrogen-bond donors (Lipinski definition) is 0. The minimum Gasteiger partial charge on any atom is -0.0902 e. The van der Waals surface area contributed by atoms with Gasteiger partial charge in [-0.3, -0.25) is 0 Å². The van der Waals surface area contributed by atoms with Crippen molar-refractivity contribution in [3.8, 4) is 0 Å². The summed E-state index contributed by atoms with van der Waals surface area (Å²) in [7, 11) is 4.21. The van der Waals surface area contributed by atoms with Crippen molar-refractivity contribution in [1.29, 1.82) is 0 Å². The van der Waals surface area contributed by atoms with E-state index in [0.717, 1.165) is 11.2 Å². The lowest BCUT2D eigenvalue weighted by atomic mass is 9.92. The Labute approximate surface area is 143 Å². The van der Waals surface area contributed by atoms with E-state index in [1.807, 2.05) is 0 Å². The summed E-state index contributed by atoms with van der Waals surface area (Å²) in [5.41, 5.74) is 0. The van der Waals surface area contributed by atoms with Crippen molar-refractivity contribution in [2.24, 2.45) is 5.92 Å². The van der Waals surface area contributed by atoms with Gasteiger partial charge in [0.2, 0.25) is 0 Å². The van der Waals surface area contributed by atoms with E-state index in [1.54, 1.807) is 0 Å². The summed E-state index contributed by atoms with van der Waals surface area (Å²) in [4.78, 5) is 0. The van der Waals surface area contributed by atoms with Crippen molar-refractivity contribution in [2.75, 3.05) is 0 Å². The quantitative estimate of drug-likeness (QED) is 0.247. The Morgan fingerprint density at radius 2 is 1.24 bits per heavy atom. The Kier molecular flexibility index (Phi) is 13.6. The van der Waals surface area contributed by atoms with Crippen LogP contribution < -0.4 is 0 Å². The highest BCUT2D eigenvalue weighted by molar-refractivity contribution is 8.77. The molecule has 0 spiro atoms. The van der Waals surface area contributed by atoms with Gasteiger partial charge in [0.15, 0.2) is 0 Å². The summed E-state index contributed by atoms with van der Waals surface area (Å²) in [5, 5.41) is 0.803. The normalized spacial score (nSPS) is 13.9. The molecule has 0 heterocycles. The van der Waals surface area contributed by atoms with Gasteiger partial charge in [-0.2, -0.15) is 0 Å². The maximum absolute atomic E-state index is 2.47. The van der Waals surface area contributed by atoms with E-state index in [2.05, 4.69) is 63.1 Å². The van der Waals surface area contributed by atoms with Crippen LogP contribution in [0.15, 0.2) is 0 Å².